The third-order valence-electron chi connectivity index (χ3n) is 2.72. The number of nitrogens with one attached hydrogen (secondary N) is 1. The van der Waals surface area contributed by atoms with Crippen LogP contribution < -0.4 is 11.1 Å². The van der Waals surface area contributed by atoms with E-state index in [1.807, 2.05) is 52.8 Å². The van der Waals surface area contributed by atoms with Gasteiger partial charge in [0.1, 0.15) is 6.04 Å². The van der Waals surface area contributed by atoms with E-state index in [2.05, 4.69) is 11.1 Å². The Bertz CT molecular complexity index is 481. The van der Waals surface area contributed by atoms with Crippen molar-refractivity contribution in [3.63, 3.8) is 0 Å². The van der Waals surface area contributed by atoms with Gasteiger partial charge in [-0.05, 0) is 45.7 Å². The lowest BCUT2D eigenvalue weighted by Crippen LogP contribution is -2.30. The number of hydrogen-bond acceptors (Lipinski definition) is 5. The molecular weight excluding hydrogens is 284 g/mol. The number of aryl methyl sites for hydroxylation is 2. The zero-order chi connectivity index (χ0) is 17.3. The van der Waals surface area contributed by atoms with Gasteiger partial charge in [-0.1, -0.05) is 18.2 Å². The van der Waals surface area contributed by atoms with Crippen LogP contribution in [0, 0.1) is 13.8 Å². The summed E-state index contributed by atoms with van der Waals surface area (Å²) >= 11 is 0. The number of nitrogens with two attached hydrogens (primary N) is 1. The molecule has 0 fully saturated rings. The quantitative estimate of drug-likeness (QED) is 0.720. The molecule has 1 aromatic carbocycles. The highest BCUT2D eigenvalue weighted by atomic mass is 16.5. The van der Waals surface area contributed by atoms with Gasteiger partial charge in [0.05, 0.1) is 12.6 Å². The summed E-state index contributed by atoms with van der Waals surface area (Å²) in [6.07, 6.45) is -0.0790. The summed E-state index contributed by atoms with van der Waals surface area (Å²) in [6.45, 7) is 9.29. The average Bonchev–Trinajstić information content (AvgIpc) is 2.42. The fraction of sp³-hybridized carbons (Fsp3) is 0.500. The summed E-state index contributed by atoms with van der Waals surface area (Å²) in [6, 6.07) is 5.72. The number of carboxylic acids is 1. The van der Waals surface area contributed by atoms with E-state index in [4.69, 9.17) is 9.84 Å². The molecule has 0 heterocycles. The summed E-state index contributed by atoms with van der Waals surface area (Å²) in [7, 11) is 0. The van der Waals surface area contributed by atoms with Gasteiger partial charge in [0.15, 0.2) is 0 Å². The number of carbonyl (C=O) groups excluding carboxylic acids is 1. The SMILES string of the molecule is Cc1cccc(C)c1N[C@@H](C)C(=O)OC(C)C.NCC(=O)O. The average molecular weight is 310 g/mol. The molecule has 0 aliphatic heterocycles. The first-order chi connectivity index (χ1) is 10.2. The summed E-state index contributed by atoms with van der Waals surface area (Å²) in [4.78, 5) is 20.9. The maximum atomic E-state index is 11.7. The standard InChI is InChI=1S/C14H21NO2.C2H5NO2/c1-9(2)17-14(16)12(5)15-13-10(3)7-6-8-11(13)4;3-1-2(4)5/h6-9,12,15H,1-5H3;1,3H2,(H,4,5)/t12-;/m0./s1. The molecule has 6 heteroatoms. The first kappa shape index (κ1) is 19.9. The predicted molar refractivity (Wildman–Crippen MR) is 86.9 cm³/mol. The summed E-state index contributed by atoms with van der Waals surface area (Å²) < 4.78 is 5.16. The predicted octanol–water partition coefficient (Wildman–Crippen LogP) is 2.09. The van der Waals surface area contributed by atoms with Gasteiger partial charge in [-0.25, -0.2) is 4.79 Å². The van der Waals surface area contributed by atoms with Crippen LogP contribution in [-0.4, -0.2) is 35.7 Å². The van der Waals surface area contributed by atoms with Crippen LogP contribution in [0.25, 0.3) is 0 Å². The van der Waals surface area contributed by atoms with Crippen LogP contribution in [0.5, 0.6) is 0 Å². The van der Waals surface area contributed by atoms with Crippen LogP contribution in [0.2, 0.25) is 0 Å². The molecule has 0 aliphatic carbocycles. The smallest absolute Gasteiger partial charge is 0.328 e. The molecule has 0 aromatic heterocycles. The van der Waals surface area contributed by atoms with Crippen molar-refractivity contribution >= 4 is 17.6 Å². The minimum atomic E-state index is -0.968. The number of rotatable bonds is 5. The highest BCUT2D eigenvalue weighted by molar-refractivity contribution is 5.79. The fourth-order valence-corrected chi connectivity index (χ4v) is 1.65. The Hall–Kier alpha value is -2.08. The van der Waals surface area contributed by atoms with Gasteiger partial charge in [-0.3, -0.25) is 4.79 Å². The molecule has 1 atom stereocenters. The minimum absolute atomic E-state index is 0.0790. The molecule has 22 heavy (non-hydrogen) atoms. The van der Waals surface area contributed by atoms with Gasteiger partial charge in [0.2, 0.25) is 0 Å². The molecule has 4 N–H and O–H groups in total. The highest BCUT2D eigenvalue weighted by Crippen LogP contribution is 2.20. The first-order valence-corrected chi connectivity index (χ1v) is 7.14. The molecule has 0 spiro atoms. The second-order valence-corrected chi connectivity index (χ2v) is 5.22. The van der Waals surface area contributed by atoms with Gasteiger partial charge in [-0.2, -0.15) is 0 Å². The summed E-state index contributed by atoms with van der Waals surface area (Å²) in [5, 5.41) is 10.8. The molecule has 0 radical (unpaired) electrons. The molecule has 0 unspecified atom stereocenters. The highest BCUT2D eigenvalue weighted by Gasteiger charge is 2.16. The lowest BCUT2D eigenvalue weighted by Gasteiger charge is -2.19. The first-order valence-electron chi connectivity index (χ1n) is 7.14. The van der Waals surface area contributed by atoms with Crippen molar-refractivity contribution < 1.29 is 19.4 Å². The molecule has 0 amide bonds. The monoisotopic (exact) mass is 310 g/mol. The molecule has 0 saturated heterocycles. The lowest BCUT2D eigenvalue weighted by atomic mass is 10.1. The Labute approximate surface area is 131 Å². The summed E-state index contributed by atoms with van der Waals surface area (Å²) in [5.41, 5.74) is 7.85. The third kappa shape index (κ3) is 7.64. The second kappa shape index (κ2) is 9.78. The molecule has 0 saturated carbocycles. The van der Waals surface area contributed by atoms with Crippen LogP contribution in [0.3, 0.4) is 0 Å². The maximum Gasteiger partial charge on any atom is 0.328 e. The Morgan fingerprint density at radius 2 is 1.68 bits per heavy atom. The lowest BCUT2D eigenvalue weighted by molar-refractivity contribution is -0.147. The third-order valence-corrected chi connectivity index (χ3v) is 2.72. The van der Waals surface area contributed by atoms with Gasteiger partial charge in [0.25, 0.3) is 0 Å². The van der Waals surface area contributed by atoms with Crippen LogP contribution in [0.4, 0.5) is 5.69 Å². The van der Waals surface area contributed by atoms with E-state index < -0.39 is 5.97 Å². The van der Waals surface area contributed by atoms with Crippen LogP contribution in [0.15, 0.2) is 18.2 Å². The zero-order valence-electron chi connectivity index (χ0n) is 13.8. The second-order valence-electron chi connectivity index (χ2n) is 5.22. The number of ether oxygens (including phenoxy) is 1. The Balaban J connectivity index is 0.000000763. The molecule has 124 valence electrons. The fourth-order valence-electron chi connectivity index (χ4n) is 1.65. The molecular formula is C16H26N2O4. The van der Waals surface area contributed by atoms with Gasteiger partial charge in [0, 0.05) is 5.69 Å². The van der Waals surface area contributed by atoms with Crippen molar-refractivity contribution in [3.05, 3.63) is 29.3 Å². The largest absolute Gasteiger partial charge is 0.480 e. The number of carboxylic acid groups (broad SMARTS) is 1. The Kier molecular flexibility index (Phi) is 8.86. The van der Waals surface area contributed by atoms with E-state index in [1.54, 1.807) is 0 Å². The van der Waals surface area contributed by atoms with E-state index in [-0.39, 0.29) is 24.7 Å². The minimum Gasteiger partial charge on any atom is -0.480 e. The number of hydrogen-bond donors (Lipinski definition) is 3. The number of carbonyl (C=O) groups is 2. The van der Waals surface area contributed by atoms with Crippen molar-refractivity contribution in [3.8, 4) is 0 Å². The Morgan fingerprint density at radius 1 is 1.23 bits per heavy atom. The van der Waals surface area contributed by atoms with E-state index in [1.165, 1.54) is 0 Å². The Morgan fingerprint density at radius 3 is 2.05 bits per heavy atom. The number of esters is 1. The topological polar surface area (TPSA) is 102 Å². The van der Waals surface area contributed by atoms with E-state index in [0.29, 0.717) is 0 Å². The van der Waals surface area contributed by atoms with Crippen LogP contribution in [-0.2, 0) is 14.3 Å². The molecule has 0 bridgehead atoms. The van der Waals surface area contributed by atoms with Crippen molar-refractivity contribution in [2.75, 3.05) is 11.9 Å². The van der Waals surface area contributed by atoms with Crippen molar-refractivity contribution in [2.24, 2.45) is 5.73 Å². The molecule has 0 aliphatic rings. The number of para-hydroxylation sites is 1. The van der Waals surface area contributed by atoms with E-state index in [9.17, 15) is 9.59 Å². The maximum absolute atomic E-state index is 11.7. The van der Waals surface area contributed by atoms with Gasteiger partial charge >= 0.3 is 11.9 Å². The van der Waals surface area contributed by atoms with Crippen molar-refractivity contribution in [1.29, 1.82) is 0 Å². The number of anilines is 1. The number of benzene rings is 1. The van der Waals surface area contributed by atoms with Gasteiger partial charge in [-0.15, -0.1) is 0 Å². The zero-order valence-corrected chi connectivity index (χ0v) is 13.8. The van der Waals surface area contributed by atoms with E-state index in [0.717, 1.165) is 16.8 Å². The van der Waals surface area contributed by atoms with Gasteiger partial charge < -0.3 is 20.9 Å². The molecule has 6 nitrogen and oxygen atoms in total. The molecule has 1 rings (SSSR count). The van der Waals surface area contributed by atoms with Crippen LogP contribution >= 0.6 is 0 Å². The van der Waals surface area contributed by atoms with Crippen molar-refractivity contribution in [1.82, 2.24) is 0 Å². The normalized spacial score (nSPS) is 11.2. The number of aliphatic carboxylic acids is 1. The summed E-state index contributed by atoms with van der Waals surface area (Å²) in [5.74, 6) is -1.19. The van der Waals surface area contributed by atoms with Crippen LogP contribution in [0.1, 0.15) is 31.9 Å². The van der Waals surface area contributed by atoms with Crippen molar-refractivity contribution in [2.45, 2.75) is 46.8 Å². The van der Waals surface area contributed by atoms with E-state index >= 15 is 0 Å². The molecule has 1 aromatic rings.